The Morgan fingerprint density at radius 2 is 1.62 bits per heavy atom. The van der Waals surface area contributed by atoms with E-state index >= 15 is 0 Å². The van der Waals surface area contributed by atoms with Crippen molar-refractivity contribution in [3.63, 3.8) is 0 Å². The van der Waals surface area contributed by atoms with Gasteiger partial charge >= 0.3 is 0 Å². The van der Waals surface area contributed by atoms with E-state index < -0.39 is 0 Å². The quantitative estimate of drug-likeness (QED) is 0.752. The summed E-state index contributed by atoms with van der Waals surface area (Å²) in [6, 6.07) is 23.7. The maximum absolute atomic E-state index is 4.74. The van der Waals surface area contributed by atoms with Crippen LogP contribution in [0.2, 0.25) is 0 Å². The number of benzene rings is 2. The van der Waals surface area contributed by atoms with E-state index in [2.05, 4.69) is 70.9 Å². The van der Waals surface area contributed by atoms with Gasteiger partial charge in [0.2, 0.25) is 0 Å². The van der Waals surface area contributed by atoms with Gasteiger partial charge in [-0.1, -0.05) is 48.5 Å². The fraction of sp³-hybridized carbons (Fsp3) is 0.286. The molecule has 0 amide bonds. The van der Waals surface area contributed by atoms with E-state index in [1.54, 1.807) is 0 Å². The minimum atomic E-state index is 0.405. The molecule has 1 N–H and O–H groups in total. The van der Waals surface area contributed by atoms with Gasteiger partial charge in [-0.25, -0.2) is 4.98 Å². The first-order chi connectivity index (χ1) is 11.9. The Kier molecular flexibility index (Phi) is 4.43. The molecular formula is C21H23N3. The second-order valence-electron chi connectivity index (χ2n) is 6.44. The lowest BCUT2D eigenvalue weighted by molar-refractivity contribution is 0.256. The molecule has 2 heterocycles. The zero-order valence-electron chi connectivity index (χ0n) is 13.9. The molecule has 1 aliphatic rings. The Bertz CT molecular complexity index is 794. The Labute approximate surface area is 143 Å². The van der Waals surface area contributed by atoms with Gasteiger partial charge in [-0.3, -0.25) is 4.90 Å². The highest BCUT2D eigenvalue weighted by Gasteiger charge is 2.23. The maximum atomic E-state index is 4.74. The van der Waals surface area contributed by atoms with Crippen molar-refractivity contribution in [2.45, 2.75) is 18.9 Å². The van der Waals surface area contributed by atoms with Crippen LogP contribution >= 0.6 is 0 Å². The highest BCUT2D eigenvalue weighted by atomic mass is 15.2. The Morgan fingerprint density at radius 3 is 2.46 bits per heavy atom. The van der Waals surface area contributed by atoms with Gasteiger partial charge in [0.15, 0.2) is 0 Å². The molecule has 0 spiro atoms. The molecule has 1 aromatic heterocycles. The number of rotatable bonds is 5. The molecule has 0 aliphatic carbocycles. The van der Waals surface area contributed by atoms with E-state index in [-0.39, 0.29) is 0 Å². The van der Waals surface area contributed by atoms with Crippen LogP contribution in [-0.4, -0.2) is 29.5 Å². The number of hydrogen-bond acceptors (Lipinski definition) is 3. The van der Waals surface area contributed by atoms with Crippen LogP contribution in [0.1, 0.15) is 24.4 Å². The lowest BCUT2D eigenvalue weighted by Gasteiger charge is -2.28. The second kappa shape index (κ2) is 7.02. The Hall–Kier alpha value is -2.39. The molecule has 0 saturated carbocycles. The van der Waals surface area contributed by atoms with Gasteiger partial charge < -0.3 is 5.32 Å². The smallest absolute Gasteiger partial charge is 0.126 e. The maximum Gasteiger partial charge on any atom is 0.126 e. The van der Waals surface area contributed by atoms with Crippen molar-refractivity contribution in [3.05, 3.63) is 72.3 Å². The van der Waals surface area contributed by atoms with E-state index in [1.807, 2.05) is 6.07 Å². The SMILES string of the molecule is c1ccc(C(CNc2ccc3ccccc3n2)N2CCCC2)cc1. The van der Waals surface area contributed by atoms with Gasteiger partial charge in [-0.05, 0) is 49.7 Å². The summed E-state index contributed by atoms with van der Waals surface area (Å²) < 4.78 is 0. The molecule has 3 heteroatoms. The molecule has 2 aromatic carbocycles. The number of para-hydroxylation sites is 1. The third kappa shape index (κ3) is 3.26. The molecule has 3 nitrogen and oxygen atoms in total. The summed E-state index contributed by atoms with van der Waals surface area (Å²) in [6.07, 6.45) is 2.61. The highest BCUT2D eigenvalue weighted by Crippen LogP contribution is 2.25. The van der Waals surface area contributed by atoms with E-state index in [0.717, 1.165) is 17.9 Å². The molecule has 1 aliphatic heterocycles. The van der Waals surface area contributed by atoms with E-state index in [4.69, 9.17) is 4.98 Å². The largest absolute Gasteiger partial charge is 0.368 e. The van der Waals surface area contributed by atoms with Crippen molar-refractivity contribution < 1.29 is 0 Å². The van der Waals surface area contributed by atoms with Crippen molar-refractivity contribution in [1.29, 1.82) is 0 Å². The molecule has 4 rings (SSSR count). The first kappa shape index (κ1) is 15.2. The topological polar surface area (TPSA) is 28.2 Å². The summed E-state index contributed by atoms with van der Waals surface area (Å²) in [7, 11) is 0. The predicted molar refractivity (Wildman–Crippen MR) is 100 cm³/mol. The van der Waals surface area contributed by atoms with Gasteiger partial charge in [0.1, 0.15) is 5.82 Å². The summed E-state index contributed by atoms with van der Waals surface area (Å²) in [4.78, 5) is 7.32. The number of nitrogens with zero attached hydrogens (tertiary/aromatic N) is 2. The van der Waals surface area contributed by atoms with Crippen LogP contribution in [0.5, 0.6) is 0 Å². The number of aromatic nitrogens is 1. The third-order valence-corrected chi connectivity index (χ3v) is 4.84. The van der Waals surface area contributed by atoms with Crippen LogP contribution in [0.4, 0.5) is 5.82 Å². The fourth-order valence-corrected chi connectivity index (χ4v) is 3.55. The van der Waals surface area contributed by atoms with Gasteiger partial charge in [-0.2, -0.15) is 0 Å². The van der Waals surface area contributed by atoms with Gasteiger partial charge in [0.25, 0.3) is 0 Å². The molecule has 122 valence electrons. The minimum absolute atomic E-state index is 0.405. The number of anilines is 1. The Balaban J connectivity index is 1.53. The van der Waals surface area contributed by atoms with Crippen molar-refractivity contribution in [2.75, 3.05) is 25.0 Å². The summed E-state index contributed by atoms with van der Waals surface area (Å²) in [5.74, 6) is 0.953. The number of fused-ring (bicyclic) bond motifs is 1. The molecule has 0 radical (unpaired) electrons. The van der Waals surface area contributed by atoms with E-state index in [9.17, 15) is 0 Å². The number of hydrogen-bond donors (Lipinski definition) is 1. The van der Waals surface area contributed by atoms with Crippen molar-refractivity contribution in [3.8, 4) is 0 Å². The minimum Gasteiger partial charge on any atom is -0.368 e. The zero-order chi connectivity index (χ0) is 16.2. The van der Waals surface area contributed by atoms with Crippen molar-refractivity contribution >= 4 is 16.7 Å². The van der Waals surface area contributed by atoms with Crippen molar-refractivity contribution in [1.82, 2.24) is 9.88 Å². The molecule has 24 heavy (non-hydrogen) atoms. The zero-order valence-corrected chi connectivity index (χ0v) is 13.9. The van der Waals surface area contributed by atoms with Crippen LogP contribution in [-0.2, 0) is 0 Å². The molecular weight excluding hydrogens is 294 g/mol. The average molecular weight is 317 g/mol. The summed E-state index contributed by atoms with van der Waals surface area (Å²) in [6.45, 7) is 3.26. The molecule has 0 bridgehead atoms. The van der Waals surface area contributed by atoms with Crippen LogP contribution in [0.25, 0.3) is 10.9 Å². The van der Waals surface area contributed by atoms with Gasteiger partial charge in [0.05, 0.1) is 11.6 Å². The summed E-state index contributed by atoms with van der Waals surface area (Å²) in [5, 5.41) is 4.74. The number of likely N-dealkylation sites (tertiary alicyclic amines) is 1. The molecule has 1 fully saturated rings. The molecule has 1 saturated heterocycles. The first-order valence-corrected chi connectivity index (χ1v) is 8.79. The normalized spacial score (nSPS) is 16.3. The molecule has 1 unspecified atom stereocenters. The van der Waals surface area contributed by atoms with Crippen LogP contribution in [0.15, 0.2) is 66.7 Å². The lowest BCUT2D eigenvalue weighted by atomic mass is 10.1. The number of nitrogens with one attached hydrogen (secondary N) is 1. The van der Waals surface area contributed by atoms with Crippen LogP contribution < -0.4 is 5.32 Å². The monoisotopic (exact) mass is 317 g/mol. The summed E-state index contributed by atoms with van der Waals surface area (Å²) in [5.41, 5.74) is 2.42. The standard InChI is InChI=1S/C21H23N3/c1-2-9-18(10-3-1)20(24-14-6-7-15-24)16-22-21-13-12-17-8-4-5-11-19(17)23-21/h1-5,8-13,20H,6-7,14-16H2,(H,22,23). The van der Waals surface area contributed by atoms with Gasteiger partial charge in [-0.15, -0.1) is 0 Å². The van der Waals surface area contributed by atoms with Crippen LogP contribution in [0.3, 0.4) is 0 Å². The average Bonchev–Trinajstić information content (AvgIpc) is 3.17. The fourth-order valence-electron chi connectivity index (χ4n) is 3.55. The van der Waals surface area contributed by atoms with Crippen LogP contribution in [0, 0.1) is 0 Å². The predicted octanol–water partition coefficient (Wildman–Crippen LogP) is 4.48. The molecule has 1 atom stereocenters. The molecule has 3 aromatic rings. The third-order valence-electron chi connectivity index (χ3n) is 4.84. The second-order valence-corrected chi connectivity index (χ2v) is 6.44. The Morgan fingerprint density at radius 1 is 0.875 bits per heavy atom. The van der Waals surface area contributed by atoms with Crippen molar-refractivity contribution in [2.24, 2.45) is 0 Å². The lowest BCUT2D eigenvalue weighted by Crippen LogP contribution is -2.31. The highest BCUT2D eigenvalue weighted by molar-refractivity contribution is 5.80. The number of pyridine rings is 1. The van der Waals surface area contributed by atoms with E-state index in [0.29, 0.717) is 6.04 Å². The van der Waals surface area contributed by atoms with E-state index in [1.165, 1.54) is 36.9 Å². The van der Waals surface area contributed by atoms with Gasteiger partial charge in [0, 0.05) is 11.9 Å². The summed E-state index contributed by atoms with van der Waals surface area (Å²) >= 11 is 0. The first-order valence-electron chi connectivity index (χ1n) is 8.79.